The Hall–Kier alpha value is -0.680. The molecule has 1 heterocycles. The molecule has 1 unspecified atom stereocenters. The van der Waals surface area contributed by atoms with Crippen LogP contribution in [0.2, 0.25) is 10.0 Å². The number of halogens is 2. The lowest BCUT2D eigenvalue weighted by Gasteiger charge is -2.11. The third kappa shape index (κ3) is 3.01. The first kappa shape index (κ1) is 13.7. The smallest absolute Gasteiger partial charge is 0.0801 e. The number of hydrogen-bond donors (Lipinski definition) is 1. The first-order valence-electron chi connectivity index (χ1n) is 5.62. The molecular weight excluding hydrogens is 289 g/mol. The summed E-state index contributed by atoms with van der Waals surface area (Å²) >= 11 is 13.2. The van der Waals surface area contributed by atoms with Crippen LogP contribution in [0, 0.1) is 0 Å². The summed E-state index contributed by atoms with van der Waals surface area (Å²) in [5.74, 6) is 0. The van der Waals surface area contributed by atoms with Gasteiger partial charge in [0.15, 0.2) is 0 Å². The lowest BCUT2D eigenvalue weighted by molar-refractivity contribution is 0.722. The van der Waals surface area contributed by atoms with Crippen LogP contribution in [0.5, 0.6) is 0 Å². The van der Waals surface area contributed by atoms with Crippen molar-refractivity contribution in [3.63, 3.8) is 0 Å². The SMILES string of the molecule is CCc1nnsc1C(N)Cc1ccc(Cl)c(Cl)c1. The van der Waals surface area contributed by atoms with Gasteiger partial charge in [0.2, 0.25) is 0 Å². The average Bonchev–Trinajstić information content (AvgIpc) is 2.82. The molecular formula is C12H13Cl2N3S. The Kier molecular flexibility index (Phi) is 4.56. The fourth-order valence-electron chi connectivity index (χ4n) is 1.76. The lowest BCUT2D eigenvalue weighted by atomic mass is 10.0. The molecule has 0 amide bonds. The average molecular weight is 302 g/mol. The summed E-state index contributed by atoms with van der Waals surface area (Å²) in [6.45, 7) is 2.05. The molecule has 18 heavy (non-hydrogen) atoms. The first-order valence-corrected chi connectivity index (χ1v) is 7.15. The summed E-state index contributed by atoms with van der Waals surface area (Å²) in [6, 6.07) is 5.48. The molecule has 96 valence electrons. The van der Waals surface area contributed by atoms with E-state index in [0.29, 0.717) is 16.5 Å². The van der Waals surface area contributed by atoms with Crippen molar-refractivity contribution in [2.24, 2.45) is 5.73 Å². The number of benzene rings is 1. The molecule has 0 fully saturated rings. The van der Waals surface area contributed by atoms with Gasteiger partial charge in [-0.3, -0.25) is 0 Å². The van der Waals surface area contributed by atoms with E-state index in [9.17, 15) is 0 Å². The number of hydrogen-bond acceptors (Lipinski definition) is 4. The van der Waals surface area contributed by atoms with Gasteiger partial charge in [0.1, 0.15) is 0 Å². The van der Waals surface area contributed by atoms with Crippen LogP contribution in [0.15, 0.2) is 18.2 Å². The highest BCUT2D eigenvalue weighted by Crippen LogP contribution is 2.26. The van der Waals surface area contributed by atoms with Gasteiger partial charge in [-0.15, -0.1) is 5.10 Å². The highest BCUT2D eigenvalue weighted by atomic mass is 35.5. The predicted octanol–water partition coefficient (Wildman–Crippen LogP) is 3.65. The molecule has 0 bridgehead atoms. The summed E-state index contributed by atoms with van der Waals surface area (Å²) < 4.78 is 3.95. The largest absolute Gasteiger partial charge is 0.323 e. The molecule has 0 aliphatic heterocycles. The summed E-state index contributed by atoms with van der Waals surface area (Å²) in [5.41, 5.74) is 8.23. The van der Waals surface area contributed by atoms with Crippen LogP contribution < -0.4 is 5.73 Å². The standard InChI is InChI=1S/C12H13Cl2N3S/c1-2-11-12(18-17-16-11)10(15)6-7-3-4-8(13)9(14)5-7/h3-5,10H,2,6,15H2,1H3. The van der Waals surface area contributed by atoms with Crippen LogP contribution in [0.4, 0.5) is 0 Å². The Labute approximate surface area is 120 Å². The number of aromatic nitrogens is 2. The zero-order valence-corrected chi connectivity index (χ0v) is 12.2. The monoisotopic (exact) mass is 301 g/mol. The van der Waals surface area contributed by atoms with Gasteiger partial charge in [-0.05, 0) is 42.1 Å². The van der Waals surface area contributed by atoms with E-state index in [1.54, 1.807) is 6.07 Å². The second-order valence-corrected chi connectivity index (χ2v) is 5.60. The van der Waals surface area contributed by atoms with Crippen LogP contribution in [-0.2, 0) is 12.8 Å². The van der Waals surface area contributed by atoms with Crippen LogP contribution in [0.3, 0.4) is 0 Å². The van der Waals surface area contributed by atoms with Crippen molar-refractivity contribution in [1.82, 2.24) is 9.59 Å². The van der Waals surface area contributed by atoms with Gasteiger partial charge in [-0.2, -0.15) is 0 Å². The summed E-state index contributed by atoms with van der Waals surface area (Å²) in [4.78, 5) is 1.04. The van der Waals surface area contributed by atoms with E-state index < -0.39 is 0 Å². The summed E-state index contributed by atoms with van der Waals surface area (Å²) in [5, 5.41) is 5.18. The lowest BCUT2D eigenvalue weighted by Crippen LogP contribution is -2.13. The summed E-state index contributed by atoms with van der Waals surface area (Å²) in [7, 11) is 0. The molecule has 0 saturated heterocycles. The van der Waals surface area contributed by atoms with Crippen LogP contribution in [0.25, 0.3) is 0 Å². The number of rotatable bonds is 4. The van der Waals surface area contributed by atoms with Gasteiger partial charge in [-0.25, -0.2) is 0 Å². The topological polar surface area (TPSA) is 51.8 Å². The molecule has 0 radical (unpaired) electrons. The molecule has 1 atom stereocenters. The molecule has 1 aromatic carbocycles. The van der Waals surface area contributed by atoms with Gasteiger partial charge < -0.3 is 5.73 Å². The maximum absolute atomic E-state index is 6.19. The minimum Gasteiger partial charge on any atom is -0.323 e. The number of nitrogens with two attached hydrogens (primary N) is 1. The zero-order chi connectivity index (χ0) is 13.1. The number of aryl methyl sites for hydroxylation is 1. The van der Waals surface area contributed by atoms with E-state index in [1.165, 1.54) is 11.5 Å². The van der Waals surface area contributed by atoms with Crippen molar-refractivity contribution in [1.29, 1.82) is 0 Å². The van der Waals surface area contributed by atoms with Gasteiger partial charge in [0, 0.05) is 6.04 Å². The third-order valence-electron chi connectivity index (χ3n) is 2.70. The normalized spacial score (nSPS) is 12.7. The van der Waals surface area contributed by atoms with E-state index in [2.05, 4.69) is 9.59 Å². The molecule has 3 nitrogen and oxygen atoms in total. The van der Waals surface area contributed by atoms with E-state index in [0.717, 1.165) is 22.6 Å². The Balaban J connectivity index is 2.16. The van der Waals surface area contributed by atoms with Crippen molar-refractivity contribution in [3.05, 3.63) is 44.4 Å². The van der Waals surface area contributed by atoms with Crippen molar-refractivity contribution in [2.45, 2.75) is 25.8 Å². The molecule has 1 aromatic heterocycles. The first-order chi connectivity index (χ1) is 8.61. The van der Waals surface area contributed by atoms with Crippen molar-refractivity contribution < 1.29 is 0 Å². The highest BCUT2D eigenvalue weighted by Gasteiger charge is 2.15. The molecule has 2 aromatic rings. The highest BCUT2D eigenvalue weighted by molar-refractivity contribution is 7.05. The second kappa shape index (κ2) is 5.97. The van der Waals surface area contributed by atoms with Crippen LogP contribution in [0.1, 0.15) is 29.1 Å². The third-order valence-corrected chi connectivity index (χ3v) is 4.33. The van der Waals surface area contributed by atoms with Gasteiger partial charge in [-0.1, -0.05) is 40.7 Å². The quantitative estimate of drug-likeness (QED) is 0.938. The zero-order valence-electron chi connectivity index (χ0n) is 9.86. The Morgan fingerprint density at radius 1 is 1.33 bits per heavy atom. The molecule has 0 spiro atoms. The molecule has 2 rings (SSSR count). The van der Waals surface area contributed by atoms with Gasteiger partial charge >= 0.3 is 0 Å². The Morgan fingerprint density at radius 2 is 2.11 bits per heavy atom. The maximum atomic E-state index is 6.19. The molecule has 0 aliphatic rings. The van der Waals surface area contributed by atoms with E-state index >= 15 is 0 Å². The molecule has 2 N–H and O–H groups in total. The maximum Gasteiger partial charge on any atom is 0.0801 e. The van der Waals surface area contributed by atoms with Crippen LogP contribution >= 0.6 is 34.7 Å². The fraction of sp³-hybridized carbons (Fsp3) is 0.333. The molecule has 0 aliphatic carbocycles. The Morgan fingerprint density at radius 3 is 2.78 bits per heavy atom. The summed E-state index contributed by atoms with van der Waals surface area (Å²) in [6.07, 6.45) is 1.55. The molecule has 0 saturated carbocycles. The van der Waals surface area contributed by atoms with Crippen molar-refractivity contribution in [2.75, 3.05) is 0 Å². The van der Waals surface area contributed by atoms with Gasteiger partial charge in [0.05, 0.1) is 20.6 Å². The van der Waals surface area contributed by atoms with E-state index in [4.69, 9.17) is 28.9 Å². The number of nitrogens with zero attached hydrogens (tertiary/aromatic N) is 2. The Bertz CT molecular complexity index is 542. The van der Waals surface area contributed by atoms with Gasteiger partial charge in [0.25, 0.3) is 0 Å². The van der Waals surface area contributed by atoms with E-state index in [1.807, 2.05) is 19.1 Å². The van der Waals surface area contributed by atoms with Crippen molar-refractivity contribution >= 4 is 34.7 Å². The fourth-order valence-corrected chi connectivity index (χ4v) is 2.81. The van der Waals surface area contributed by atoms with E-state index in [-0.39, 0.29) is 6.04 Å². The second-order valence-electron chi connectivity index (χ2n) is 4.00. The minimum absolute atomic E-state index is 0.0998. The van der Waals surface area contributed by atoms with Crippen LogP contribution in [-0.4, -0.2) is 9.59 Å². The minimum atomic E-state index is -0.0998. The van der Waals surface area contributed by atoms with Crippen molar-refractivity contribution in [3.8, 4) is 0 Å². The predicted molar refractivity (Wildman–Crippen MR) is 76.4 cm³/mol. The molecule has 6 heteroatoms.